The third-order valence-corrected chi connectivity index (χ3v) is 5.52. The molecular weight excluding hydrogens is 376 g/mol. The second-order valence-corrected chi connectivity index (χ2v) is 7.29. The number of nitrogens with one attached hydrogen (secondary N) is 1. The van der Waals surface area contributed by atoms with Gasteiger partial charge >= 0.3 is 6.03 Å². The van der Waals surface area contributed by atoms with Gasteiger partial charge in [-0.25, -0.2) is 4.79 Å². The number of hydrogen-bond donors (Lipinski definition) is 1. The average molecular weight is 402 g/mol. The summed E-state index contributed by atoms with van der Waals surface area (Å²) in [5.74, 6) is -0.0831. The third-order valence-electron chi connectivity index (χ3n) is 5.52. The highest BCUT2D eigenvalue weighted by Crippen LogP contribution is 2.30. The monoisotopic (exact) mass is 402 g/mol. The van der Waals surface area contributed by atoms with E-state index in [-0.39, 0.29) is 18.4 Å². The summed E-state index contributed by atoms with van der Waals surface area (Å²) < 4.78 is 5.13. The number of imide groups is 1. The van der Waals surface area contributed by atoms with Gasteiger partial charge < -0.3 is 19.9 Å². The Morgan fingerprint density at radius 1 is 1.03 bits per heavy atom. The molecule has 2 fully saturated rings. The van der Waals surface area contributed by atoms with Crippen LogP contribution in [0.5, 0.6) is 5.75 Å². The summed E-state index contributed by atoms with van der Waals surface area (Å²) in [6.45, 7) is 4.81. The van der Waals surface area contributed by atoms with E-state index in [0.29, 0.717) is 43.9 Å². The minimum atomic E-state index is -1.24. The fourth-order valence-electron chi connectivity index (χ4n) is 3.62. The molecular formula is C20H26N4O5. The van der Waals surface area contributed by atoms with Gasteiger partial charge in [-0.1, -0.05) is 19.1 Å². The van der Waals surface area contributed by atoms with Crippen molar-refractivity contribution in [2.45, 2.75) is 25.8 Å². The molecule has 1 N–H and O–H groups in total. The van der Waals surface area contributed by atoms with Crippen molar-refractivity contribution in [3.05, 3.63) is 29.8 Å². The smallest absolute Gasteiger partial charge is 0.325 e. The van der Waals surface area contributed by atoms with Gasteiger partial charge in [0.25, 0.3) is 5.91 Å². The lowest BCUT2D eigenvalue weighted by Crippen LogP contribution is -2.53. The second-order valence-electron chi connectivity index (χ2n) is 7.29. The van der Waals surface area contributed by atoms with Crippen LogP contribution < -0.4 is 10.1 Å². The van der Waals surface area contributed by atoms with E-state index in [1.165, 1.54) is 0 Å². The van der Waals surface area contributed by atoms with Crippen LogP contribution in [-0.4, -0.2) is 78.3 Å². The van der Waals surface area contributed by atoms with Crippen molar-refractivity contribution in [1.82, 2.24) is 20.0 Å². The van der Waals surface area contributed by atoms with Crippen LogP contribution in [0.15, 0.2) is 24.3 Å². The van der Waals surface area contributed by atoms with E-state index in [9.17, 15) is 19.2 Å². The minimum Gasteiger partial charge on any atom is -0.497 e. The van der Waals surface area contributed by atoms with Gasteiger partial charge in [0.05, 0.1) is 7.11 Å². The maximum atomic E-state index is 13.0. The van der Waals surface area contributed by atoms with Gasteiger partial charge in [0, 0.05) is 32.6 Å². The number of rotatable bonds is 5. The largest absolute Gasteiger partial charge is 0.497 e. The van der Waals surface area contributed by atoms with Crippen molar-refractivity contribution < 1.29 is 23.9 Å². The zero-order valence-electron chi connectivity index (χ0n) is 16.9. The highest BCUT2D eigenvalue weighted by molar-refractivity contribution is 6.09. The molecule has 0 radical (unpaired) electrons. The lowest BCUT2D eigenvalue weighted by Gasteiger charge is -2.35. The molecule has 0 spiro atoms. The van der Waals surface area contributed by atoms with Gasteiger partial charge in [0.15, 0.2) is 0 Å². The van der Waals surface area contributed by atoms with Gasteiger partial charge in [0.2, 0.25) is 11.8 Å². The van der Waals surface area contributed by atoms with Crippen molar-refractivity contribution in [2.75, 3.05) is 39.8 Å². The van der Waals surface area contributed by atoms with Crippen LogP contribution in [0.4, 0.5) is 4.79 Å². The fraction of sp³-hybridized carbons (Fsp3) is 0.500. The van der Waals surface area contributed by atoms with Crippen molar-refractivity contribution in [3.8, 4) is 5.75 Å². The zero-order chi connectivity index (χ0) is 21.2. The first-order valence-electron chi connectivity index (χ1n) is 9.64. The normalized spacial score (nSPS) is 22.0. The van der Waals surface area contributed by atoms with E-state index in [1.54, 1.807) is 55.0 Å². The van der Waals surface area contributed by atoms with Crippen molar-refractivity contribution in [1.29, 1.82) is 0 Å². The molecule has 1 unspecified atom stereocenters. The quantitative estimate of drug-likeness (QED) is 0.725. The van der Waals surface area contributed by atoms with Crippen LogP contribution in [0.1, 0.15) is 25.8 Å². The molecule has 0 aromatic heterocycles. The topological polar surface area (TPSA) is 99.3 Å². The summed E-state index contributed by atoms with van der Waals surface area (Å²) in [4.78, 5) is 54.1. The molecule has 2 aliphatic heterocycles. The van der Waals surface area contributed by atoms with E-state index in [2.05, 4.69) is 5.32 Å². The Morgan fingerprint density at radius 2 is 1.59 bits per heavy atom. The molecule has 0 bridgehead atoms. The second kappa shape index (κ2) is 8.10. The third kappa shape index (κ3) is 3.90. The molecule has 2 heterocycles. The standard InChI is InChI=1S/C20H26N4O5/c1-4-16(25)22-9-11-23(12-10-22)17(26)13-24-18(27)20(2,21-19(24)28)14-5-7-15(29-3)8-6-14/h5-8H,4,9-13H2,1-3H3,(H,21,28). The summed E-state index contributed by atoms with van der Waals surface area (Å²) in [7, 11) is 1.55. The molecule has 2 aliphatic rings. The molecule has 1 aromatic rings. The number of carbonyl (C=O) groups is 4. The van der Waals surface area contributed by atoms with Gasteiger partial charge in [0.1, 0.15) is 17.8 Å². The molecule has 0 aliphatic carbocycles. The maximum Gasteiger partial charge on any atom is 0.325 e. The molecule has 1 aromatic carbocycles. The zero-order valence-corrected chi connectivity index (χ0v) is 16.9. The summed E-state index contributed by atoms with van der Waals surface area (Å²) >= 11 is 0. The maximum absolute atomic E-state index is 13.0. The average Bonchev–Trinajstić information content (AvgIpc) is 2.97. The van der Waals surface area contributed by atoms with Crippen molar-refractivity contribution in [3.63, 3.8) is 0 Å². The first-order valence-corrected chi connectivity index (χ1v) is 9.64. The van der Waals surface area contributed by atoms with E-state index in [4.69, 9.17) is 4.74 Å². The number of carbonyl (C=O) groups excluding carboxylic acids is 4. The molecule has 1 atom stereocenters. The predicted molar refractivity (Wildman–Crippen MR) is 104 cm³/mol. The van der Waals surface area contributed by atoms with Gasteiger partial charge in [-0.2, -0.15) is 0 Å². The first kappa shape index (κ1) is 20.6. The molecule has 0 saturated carbocycles. The van der Waals surface area contributed by atoms with Crippen LogP contribution in [-0.2, 0) is 19.9 Å². The lowest BCUT2D eigenvalue weighted by molar-refractivity contribution is -0.142. The van der Waals surface area contributed by atoms with Gasteiger partial charge in [-0.05, 0) is 24.6 Å². The van der Waals surface area contributed by atoms with Crippen LogP contribution in [0.3, 0.4) is 0 Å². The number of hydrogen-bond acceptors (Lipinski definition) is 5. The summed E-state index contributed by atoms with van der Waals surface area (Å²) in [5.41, 5.74) is -0.631. The SMILES string of the molecule is CCC(=O)N1CCN(C(=O)CN2C(=O)NC(C)(c3ccc(OC)cc3)C2=O)CC1. The highest BCUT2D eigenvalue weighted by atomic mass is 16.5. The van der Waals surface area contributed by atoms with E-state index in [1.807, 2.05) is 0 Å². The Hall–Kier alpha value is -3.10. The lowest BCUT2D eigenvalue weighted by atomic mass is 9.92. The number of piperazine rings is 1. The first-order chi connectivity index (χ1) is 13.8. The number of urea groups is 1. The van der Waals surface area contributed by atoms with Crippen LogP contribution in [0.25, 0.3) is 0 Å². The molecule has 156 valence electrons. The minimum absolute atomic E-state index is 0.0569. The molecule has 3 rings (SSSR count). The number of nitrogens with zero attached hydrogens (tertiary/aromatic N) is 3. The number of benzene rings is 1. The Labute approximate surface area is 169 Å². The van der Waals surface area contributed by atoms with Crippen LogP contribution in [0.2, 0.25) is 0 Å². The Kier molecular flexibility index (Phi) is 5.76. The number of methoxy groups -OCH3 is 1. The molecule has 5 amide bonds. The Bertz CT molecular complexity index is 817. The summed E-state index contributed by atoms with van der Waals surface area (Å²) in [6, 6.07) is 6.26. The number of amides is 5. The Morgan fingerprint density at radius 3 is 2.10 bits per heavy atom. The van der Waals surface area contributed by atoms with E-state index in [0.717, 1.165) is 4.90 Å². The summed E-state index contributed by atoms with van der Waals surface area (Å²) in [5, 5.41) is 2.69. The highest BCUT2D eigenvalue weighted by Gasteiger charge is 2.49. The van der Waals surface area contributed by atoms with Gasteiger partial charge in [-0.15, -0.1) is 0 Å². The molecule has 29 heavy (non-hydrogen) atoms. The molecule has 9 nitrogen and oxygen atoms in total. The van der Waals surface area contributed by atoms with Crippen molar-refractivity contribution >= 4 is 23.8 Å². The Balaban J connectivity index is 1.65. The molecule has 2 saturated heterocycles. The molecule has 9 heteroatoms. The van der Waals surface area contributed by atoms with E-state index < -0.39 is 17.5 Å². The van der Waals surface area contributed by atoms with Gasteiger partial charge in [-0.3, -0.25) is 19.3 Å². The van der Waals surface area contributed by atoms with Crippen molar-refractivity contribution in [2.24, 2.45) is 0 Å². The fourth-order valence-corrected chi connectivity index (χ4v) is 3.62. The van der Waals surface area contributed by atoms with Crippen LogP contribution >= 0.6 is 0 Å². The van der Waals surface area contributed by atoms with Crippen LogP contribution in [0, 0.1) is 0 Å². The number of ether oxygens (including phenoxy) is 1. The predicted octanol–water partition coefficient (Wildman–Crippen LogP) is 0.543. The summed E-state index contributed by atoms with van der Waals surface area (Å²) in [6.07, 6.45) is 0.431. The van der Waals surface area contributed by atoms with E-state index >= 15 is 0 Å².